The largest absolute Gasteiger partial charge is 0.453 e. The normalized spacial score (nSPS) is 12.0. The van der Waals surface area contributed by atoms with Crippen LogP contribution in [-0.4, -0.2) is 18.3 Å². The van der Waals surface area contributed by atoms with Crippen molar-refractivity contribution in [2.75, 3.05) is 13.2 Å². The summed E-state index contributed by atoms with van der Waals surface area (Å²) >= 11 is 3.28. The van der Waals surface area contributed by atoms with Crippen LogP contribution in [0.25, 0.3) is 0 Å². The minimum atomic E-state index is 0.215. The molecular formula is C12H20BrNO2. The lowest BCUT2D eigenvalue weighted by Crippen LogP contribution is -2.29. The van der Waals surface area contributed by atoms with E-state index in [1.807, 2.05) is 12.1 Å². The lowest BCUT2D eigenvalue weighted by atomic mass is 9.88. The number of aliphatic hydroxyl groups is 1. The van der Waals surface area contributed by atoms with Crippen LogP contribution in [0.15, 0.2) is 21.2 Å². The molecule has 1 heterocycles. The molecule has 2 N–H and O–H groups in total. The Balaban J connectivity index is 2.24. The van der Waals surface area contributed by atoms with Crippen molar-refractivity contribution in [3.63, 3.8) is 0 Å². The van der Waals surface area contributed by atoms with Crippen LogP contribution in [0.5, 0.6) is 0 Å². The van der Waals surface area contributed by atoms with E-state index in [-0.39, 0.29) is 12.0 Å². The molecule has 0 aliphatic rings. The first kappa shape index (κ1) is 13.7. The molecule has 1 rings (SSSR count). The highest BCUT2D eigenvalue weighted by molar-refractivity contribution is 9.10. The second-order valence-corrected chi connectivity index (χ2v) is 5.58. The number of rotatable bonds is 7. The van der Waals surface area contributed by atoms with Crippen LogP contribution in [-0.2, 0) is 6.54 Å². The fourth-order valence-corrected chi connectivity index (χ4v) is 1.96. The van der Waals surface area contributed by atoms with Crippen molar-refractivity contribution in [1.82, 2.24) is 5.32 Å². The van der Waals surface area contributed by atoms with Crippen molar-refractivity contribution in [2.24, 2.45) is 5.41 Å². The van der Waals surface area contributed by atoms with E-state index in [9.17, 15) is 0 Å². The van der Waals surface area contributed by atoms with Gasteiger partial charge >= 0.3 is 0 Å². The average molecular weight is 290 g/mol. The topological polar surface area (TPSA) is 45.4 Å². The summed E-state index contributed by atoms with van der Waals surface area (Å²) in [6.45, 7) is 6.34. The van der Waals surface area contributed by atoms with Gasteiger partial charge in [-0.2, -0.15) is 0 Å². The second-order valence-electron chi connectivity index (χ2n) is 4.80. The minimum absolute atomic E-state index is 0.215. The van der Waals surface area contributed by atoms with Crippen LogP contribution in [0.3, 0.4) is 0 Å². The Morgan fingerprint density at radius 2 is 2.19 bits per heavy atom. The van der Waals surface area contributed by atoms with Gasteiger partial charge in [-0.25, -0.2) is 0 Å². The summed E-state index contributed by atoms with van der Waals surface area (Å²) in [5.41, 5.74) is 0.215. The molecule has 0 amide bonds. The average Bonchev–Trinajstić information content (AvgIpc) is 2.61. The van der Waals surface area contributed by atoms with Gasteiger partial charge in [0.25, 0.3) is 0 Å². The first-order chi connectivity index (χ1) is 7.53. The van der Waals surface area contributed by atoms with Gasteiger partial charge in [-0.15, -0.1) is 0 Å². The summed E-state index contributed by atoms with van der Waals surface area (Å²) in [5, 5.41) is 12.2. The summed E-state index contributed by atoms with van der Waals surface area (Å²) < 4.78 is 6.16. The smallest absolute Gasteiger partial charge is 0.169 e. The van der Waals surface area contributed by atoms with Crippen LogP contribution in [0.2, 0.25) is 0 Å². The molecule has 0 bridgehead atoms. The molecule has 0 unspecified atom stereocenters. The predicted octanol–water partition coefficient (Wildman–Crippen LogP) is 2.93. The van der Waals surface area contributed by atoms with Gasteiger partial charge < -0.3 is 14.8 Å². The Labute approximate surface area is 105 Å². The quantitative estimate of drug-likeness (QED) is 0.811. The van der Waals surface area contributed by atoms with Gasteiger partial charge in [0.05, 0.1) is 6.54 Å². The molecule has 0 aromatic carbocycles. The fraction of sp³-hybridized carbons (Fsp3) is 0.667. The standard InChI is InChI=1S/C12H20BrNO2/c1-12(2,6-3-7-15)9-14-8-10-4-5-11(13)16-10/h4-5,14-15H,3,6-9H2,1-2H3. The maximum atomic E-state index is 8.80. The van der Waals surface area contributed by atoms with Crippen molar-refractivity contribution in [2.45, 2.75) is 33.2 Å². The summed E-state index contributed by atoms with van der Waals surface area (Å²) in [5.74, 6) is 0.935. The maximum absolute atomic E-state index is 8.80. The number of nitrogens with one attached hydrogen (secondary N) is 1. The number of halogens is 1. The van der Waals surface area contributed by atoms with Crippen molar-refractivity contribution < 1.29 is 9.52 Å². The zero-order valence-corrected chi connectivity index (χ0v) is 11.5. The van der Waals surface area contributed by atoms with E-state index >= 15 is 0 Å². The molecule has 0 fully saturated rings. The van der Waals surface area contributed by atoms with Gasteiger partial charge in [-0.05, 0) is 46.3 Å². The van der Waals surface area contributed by atoms with Crippen molar-refractivity contribution in [3.05, 3.63) is 22.6 Å². The molecule has 0 spiro atoms. The Morgan fingerprint density at radius 3 is 2.75 bits per heavy atom. The zero-order valence-electron chi connectivity index (χ0n) is 9.92. The van der Waals surface area contributed by atoms with Gasteiger partial charge in [0.2, 0.25) is 0 Å². The molecule has 0 radical (unpaired) electrons. The third-order valence-electron chi connectivity index (χ3n) is 2.54. The van der Waals surface area contributed by atoms with E-state index in [0.29, 0.717) is 0 Å². The molecule has 0 aliphatic heterocycles. The van der Waals surface area contributed by atoms with Crippen molar-refractivity contribution >= 4 is 15.9 Å². The van der Waals surface area contributed by atoms with Gasteiger partial charge in [0.15, 0.2) is 4.67 Å². The molecule has 0 atom stereocenters. The Kier molecular flexibility index (Phi) is 5.52. The van der Waals surface area contributed by atoms with Crippen molar-refractivity contribution in [1.29, 1.82) is 0 Å². The van der Waals surface area contributed by atoms with E-state index in [0.717, 1.165) is 36.4 Å². The SMILES string of the molecule is CC(C)(CCCO)CNCc1ccc(Br)o1. The first-order valence-corrected chi connectivity index (χ1v) is 6.38. The monoisotopic (exact) mass is 289 g/mol. The second kappa shape index (κ2) is 6.42. The molecule has 0 saturated carbocycles. The van der Waals surface area contributed by atoms with Crippen LogP contribution in [0, 0.1) is 5.41 Å². The van der Waals surface area contributed by atoms with Gasteiger partial charge in [-0.1, -0.05) is 13.8 Å². The van der Waals surface area contributed by atoms with E-state index in [2.05, 4.69) is 35.1 Å². The lowest BCUT2D eigenvalue weighted by Gasteiger charge is -2.24. The van der Waals surface area contributed by atoms with Crippen LogP contribution in [0.1, 0.15) is 32.4 Å². The van der Waals surface area contributed by atoms with E-state index in [1.54, 1.807) is 0 Å². The number of furan rings is 1. The van der Waals surface area contributed by atoms with Crippen LogP contribution < -0.4 is 5.32 Å². The van der Waals surface area contributed by atoms with E-state index in [4.69, 9.17) is 9.52 Å². The summed E-state index contributed by atoms with van der Waals surface area (Å²) in [6, 6.07) is 3.85. The Bertz CT molecular complexity index is 310. The molecule has 3 nitrogen and oxygen atoms in total. The first-order valence-electron chi connectivity index (χ1n) is 5.59. The fourth-order valence-electron chi connectivity index (χ4n) is 1.62. The maximum Gasteiger partial charge on any atom is 0.169 e. The highest BCUT2D eigenvalue weighted by atomic mass is 79.9. The summed E-state index contributed by atoms with van der Waals surface area (Å²) in [4.78, 5) is 0. The third-order valence-corrected chi connectivity index (χ3v) is 2.97. The van der Waals surface area contributed by atoms with E-state index < -0.39 is 0 Å². The van der Waals surface area contributed by atoms with Crippen molar-refractivity contribution in [3.8, 4) is 0 Å². The van der Waals surface area contributed by atoms with E-state index in [1.165, 1.54) is 0 Å². The predicted molar refractivity (Wildman–Crippen MR) is 68.2 cm³/mol. The number of hydrogen-bond acceptors (Lipinski definition) is 3. The van der Waals surface area contributed by atoms with Crippen LogP contribution in [0.4, 0.5) is 0 Å². The highest BCUT2D eigenvalue weighted by Gasteiger charge is 2.16. The number of aliphatic hydroxyl groups excluding tert-OH is 1. The Hall–Kier alpha value is -0.320. The molecule has 4 heteroatoms. The lowest BCUT2D eigenvalue weighted by molar-refractivity contribution is 0.235. The number of hydrogen-bond donors (Lipinski definition) is 2. The van der Waals surface area contributed by atoms with Gasteiger partial charge in [0, 0.05) is 13.2 Å². The van der Waals surface area contributed by atoms with Gasteiger partial charge in [-0.3, -0.25) is 0 Å². The highest BCUT2D eigenvalue weighted by Crippen LogP contribution is 2.21. The third kappa shape index (κ3) is 5.14. The summed E-state index contributed by atoms with van der Waals surface area (Å²) in [7, 11) is 0. The summed E-state index contributed by atoms with van der Waals surface area (Å²) in [6.07, 6.45) is 1.89. The minimum Gasteiger partial charge on any atom is -0.453 e. The van der Waals surface area contributed by atoms with Gasteiger partial charge in [0.1, 0.15) is 5.76 Å². The molecule has 0 aliphatic carbocycles. The van der Waals surface area contributed by atoms with Crippen LogP contribution >= 0.6 is 15.9 Å². The zero-order chi connectivity index (χ0) is 12.0. The molecule has 1 aromatic rings. The molecular weight excluding hydrogens is 270 g/mol. The molecule has 16 heavy (non-hydrogen) atoms. The molecule has 1 aromatic heterocycles. The molecule has 0 saturated heterocycles. The Morgan fingerprint density at radius 1 is 1.44 bits per heavy atom. The molecule has 92 valence electrons.